The van der Waals surface area contributed by atoms with Crippen molar-refractivity contribution in [3.8, 4) is 0 Å². The topological polar surface area (TPSA) is 110 Å². The maximum absolute atomic E-state index is 14.7. The van der Waals surface area contributed by atoms with Gasteiger partial charge in [-0.3, -0.25) is 24.4 Å². The van der Waals surface area contributed by atoms with Gasteiger partial charge in [-0.2, -0.15) is 0 Å². The number of likely N-dealkylation sites (tertiary alicyclic amines) is 1. The van der Waals surface area contributed by atoms with Crippen LogP contribution < -0.4 is 10.2 Å². The molecule has 2 aromatic carbocycles. The van der Waals surface area contributed by atoms with Gasteiger partial charge in [0.2, 0.25) is 18.2 Å². The summed E-state index contributed by atoms with van der Waals surface area (Å²) < 4.78 is 42.4. The number of piperidine rings is 1. The number of anilines is 1. The van der Waals surface area contributed by atoms with Crippen molar-refractivity contribution in [1.29, 1.82) is 0 Å². The molecule has 0 bridgehead atoms. The lowest BCUT2D eigenvalue weighted by Gasteiger charge is -2.41. The molecule has 1 saturated carbocycles. The maximum atomic E-state index is 14.7. The second-order valence-electron chi connectivity index (χ2n) is 13.4. The Balaban J connectivity index is 1.50. The van der Waals surface area contributed by atoms with Crippen LogP contribution in [0.25, 0.3) is 0 Å². The van der Waals surface area contributed by atoms with Crippen LogP contribution in [0.4, 0.5) is 18.9 Å². The van der Waals surface area contributed by atoms with Crippen molar-refractivity contribution in [3.63, 3.8) is 0 Å². The Morgan fingerprint density at radius 2 is 1.59 bits per heavy atom. The Hall–Kier alpha value is -3.93. The Bertz CT molecular complexity index is 1390. The number of hydroxylamine groups is 2. The van der Waals surface area contributed by atoms with E-state index < -0.39 is 58.2 Å². The van der Waals surface area contributed by atoms with Crippen molar-refractivity contribution >= 4 is 29.8 Å². The standard InChI is InChI=1S/C34H43F3N4O5/c1-34(2,3)30(38-31(43)23(20-40(46)21-42)17-22-9-7-8-10-22)33(45)39-15-13-25(14-16-39)41(24-11-5-4-6-12-24)32(44)26-18-28(36)29(37)19-27(26)35/h4-6,11-12,18-19,21-23,25,30,46H,7-10,13-17,20H2,1-3H3,(H,38,43)/t23-,30-/m1/s1. The number of halogens is 3. The summed E-state index contributed by atoms with van der Waals surface area (Å²) in [6, 6.07) is 8.01. The number of benzene rings is 2. The SMILES string of the molecule is CC(C)(C)[C@H](NC(=O)[C@H](CC1CCCC1)CN(O)C=O)C(=O)N1CCC(N(C(=O)c2cc(F)c(F)cc2F)c2ccccc2)CC1. The molecule has 46 heavy (non-hydrogen) atoms. The molecule has 1 aliphatic carbocycles. The molecule has 0 aromatic heterocycles. The summed E-state index contributed by atoms with van der Waals surface area (Å²) in [5.74, 6) is -5.84. The van der Waals surface area contributed by atoms with Gasteiger partial charge in [-0.25, -0.2) is 18.2 Å². The monoisotopic (exact) mass is 644 g/mol. The summed E-state index contributed by atoms with van der Waals surface area (Å²) in [6.45, 7) is 5.79. The number of hydrogen-bond donors (Lipinski definition) is 2. The van der Waals surface area contributed by atoms with Gasteiger partial charge in [-0.1, -0.05) is 64.7 Å². The van der Waals surface area contributed by atoms with Crippen molar-refractivity contribution in [3.05, 3.63) is 65.5 Å². The molecule has 1 saturated heterocycles. The van der Waals surface area contributed by atoms with E-state index in [1.54, 1.807) is 35.2 Å². The summed E-state index contributed by atoms with van der Waals surface area (Å²) in [6.07, 6.45) is 5.45. The lowest BCUT2D eigenvalue weighted by molar-refractivity contribution is -0.156. The lowest BCUT2D eigenvalue weighted by Crippen LogP contribution is -2.58. The van der Waals surface area contributed by atoms with E-state index in [-0.39, 0.29) is 32.0 Å². The molecule has 0 radical (unpaired) electrons. The minimum Gasteiger partial charge on any atom is -0.344 e. The number of amides is 4. The van der Waals surface area contributed by atoms with Gasteiger partial charge < -0.3 is 15.1 Å². The summed E-state index contributed by atoms with van der Waals surface area (Å²) in [4.78, 5) is 55.2. The highest BCUT2D eigenvalue weighted by Gasteiger charge is 2.40. The first-order valence-electron chi connectivity index (χ1n) is 15.8. The highest BCUT2D eigenvalue weighted by molar-refractivity contribution is 6.06. The molecular formula is C34H43F3N4O5. The van der Waals surface area contributed by atoms with Crippen LogP contribution in [0.15, 0.2) is 42.5 Å². The highest BCUT2D eigenvalue weighted by atomic mass is 19.2. The number of nitrogens with one attached hydrogen (secondary N) is 1. The predicted molar refractivity (Wildman–Crippen MR) is 165 cm³/mol. The van der Waals surface area contributed by atoms with Gasteiger partial charge in [0.05, 0.1) is 18.0 Å². The van der Waals surface area contributed by atoms with Gasteiger partial charge >= 0.3 is 0 Å². The van der Waals surface area contributed by atoms with Crippen LogP contribution in [0.3, 0.4) is 0 Å². The molecule has 2 N–H and O–H groups in total. The third-order valence-electron chi connectivity index (χ3n) is 9.03. The van der Waals surface area contributed by atoms with Crippen molar-refractivity contribution in [2.75, 3.05) is 24.5 Å². The van der Waals surface area contributed by atoms with Crippen LogP contribution >= 0.6 is 0 Å². The Morgan fingerprint density at radius 1 is 0.978 bits per heavy atom. The molecule has 1 heterocycles. The van der Waals surface area contributed by atoms with E-state index in [0.29, 0.717) is 48.1 Å². The second kappa shape index (κ2) is 15.1. The zero-order valence-electron chi connectivity index (χ0n) is 26.6. The van der Waals surface area contributed by atoms with Gasteiger partial charge in [0.15, 0.2) is 11.6 Å². The molecular weight excluding hydrogens is 601 g/mol. The van der Waals surface area contributed by atoms with Crippen molar-refractivity contribution < 1.29 is 37.6 Å². The maximum Gasteiger partial charge on any atom is 0.261 e. The molecule has 1 aliphatic heterocycles. The van der Waals surface area contributed by atoms with E-state index in [1.807, 2.05) is 20.8 Å². The molecule has 4 rings (SSSR count). The number of nitrogens with zero attached hydrogens (tertiary/aromatic N) is 3. The van der Waals surface area contributed by atoms with E-state index in [2.05, 4.69) is 5.32 Å². The number of para-hydroxylation sites is 1. The van der Waals surface area contributed by atoms with Crippen molar-refractivity contribution in [2.45, 2.75) is 77.8 Å². The van der Waals surface area contributed by atoms with Crippen LogP contribution in [0.1, 0.15) is 76.1 Å². The van der Waals surface area contributed by atoms with E-state index in [4.69, 9.17) is 0 Å². The molecule has 2 aliphatic rings. The van der Waals surface area contributed by atoms with Crippen molar-refractivity contribution in [2.24, 2.45) is 17.3 Å². The summed E-state index contributed by atoms with van der Waals surface area (Å²) in [5.41, 5.74) is -0.830. The Kier molecular flexibility index (Phi) is 11.5. The first kappa shape index (κ1) is 34.9. The van der Waals surface area contributed by atoms with E-state index in [0.717, 1.165) is 25.7 Å². The fourth-order valence-corrected chi connectivity index (χ4v) is 6.52. The molecule has 2 aromatic rings. The zero-order chi connectivity index (χ0) is 33.6. The number of rotatable bonds is 11. The average Bonchev–Trinajstić information content (AvgIpc) is 3.54. The van der Waals surface area contributed by atoms with Crippen LogP contribution in [0, 0.1) is 34.7 Å². The third kappa shape index (κ3) is 8.45. The van der Waals surface area contributed by atoms with Gasteiger partial charge in [0.25, 0.3) is 5.91 Å². The van der Waals surface area contributed by atoms with Crippen molar-refractivity contribution in [1.82, 2.24) is 15.3 Å². The Labute approximate surface area is 267 Å². The summed E-state index contributed by atoms with van der Waals surface area (Å²) in [5, 5.41) is 13.3. The second-order valence-corrected chi connectivity index (χ2v) is 13.4. The Morgan fingerprint density at radius 3 is 2.17 bits per heavy atom. The highest BCUT2D eigenvalue weighted by Crippen LogP contribution is 2.32. The minimum absolute atomic E-state index is 0.176. The normalized spacial score (nSPS) is 17.3. The quantitative estimate of drug-likeness (QED) is 0.149. The molecule has 250 valence electrons. The predicted octanol–water partition coefficient (Wildman–Crippen LogP) is 5.32. The van der Waals surface area contributed by atoms with Gasteiger partial charge in [0.1, 0.15) is 11.9 Å². The van der Waals surface area contributed by atoms with Gasteiger partial charge in [-0.05, 0) is 48.8 Å². The summed E-state index contributed by atoms with van der Waals surface area (Å²) >= 11 is 0. The number of carbonyl (C=O) groups excluding carboxylic acids is 4. The molecule has 2 fully saturated rings. The minimum atomic E-state index is -1.39. The number of carbonyl (C=O) groups is 4. The summed E-state index contributed by atoms with van der Waals surface area (Å²) in [7, 11) is 0. The fraction of sp³-hybridized carbons (Fsp3) is 0.529. The van der Waals surface area contributed by atoms with E-state index in [9.17, 15) is 37.6 Å². The molecule has 0 unspecified atom stereocenters. The van der Waals surface area contributed by atoms with Gasteiger partial charge in [0, 0.05) is 30.9 Å². The molecule has 12 heteroatoms. The molecule has 0 spiro atoms. The lowest BCUT2D eigenvalue weighted by atomic mass is 9.84. The molecule has 2 atom stereocenters. The first-order valence-corrected chi connectivity index (χ1v) is 15.8. The van der Waals surface area contributed by atoms with Gasteiger partial charge in [-0.15, -0.1) is 0 Å². The van der Waals surface area contributed by atoms with Crippen LogP contribution in [0.5, 0.6) is 0 Å². The fourth-order valence-electron chi connectivity index (χ4n) is 6.52. The average molecular weight is 645 g/mol. The van der Waals surface area contributed by atoms with E-state index in [1.165, 1.54) is 4.90 Å². The first-order chi connectivity index (χ1) is 21.8. The largest absolute Gasteiger partial charge is 0.344 e. The van der Waals surface area contributed by atoms with Crippen LogP contribution in [0.2, 0.25) is 0 Å². The van der Waals surface area contributed by atoms with E-state index >= 15 is 0 Å². The van der Waals surface area contributed by atoms with Crippen LogP contribution in [-0.2, 0) is 14.4 Å². The third-order valence-corrected chi connectivity index (χ3v) is 9.03. The zero-order valence-corrected chi connectivity index (χ0v) is 26.6. The smallest absolute Gasteiger partial charge is 0.261 e. The number of hydrogen-bond acceptors (Lipinski definition) is 5. The molecule has 9 nitrogen and oxygen atoms in total. The molecule has 4 amide bonds. The van der Waals surface area contributed by atoms with Crippen LogP contribution in [-0.4, -0.2) is 71.0 Å².